The summed E-state index contributed by atoms with van der Waals surface area (Å²) in [6.07, 6.45) is 3.60. The van der Waals surface area contributed by atoms with Gasteiger partial charge in [-0.25, -0.2) is 0 Å². The zero-order valence-corrected chi connectivity index (χ0v) is 14.4. The van der Waals surface area contributed by atoms with Crippen LogP contribution in [0.15, 0.2) is 0 Å². The number of piperidine rings is 1. The van der Waals surface area contributed by atoms with E-state index >= 15 is 0 Å². The second-order valence-corrected chi connectivity index (χ2v) is 7.93. The van der Waals surface area contributed by atoms with Crippen molar-refractivity contribution >= 4 is 5.91 Å². The van der Waals surface area contributed by atoms with E-state index < -0.39 is 0 Å². The smallest absolute Gasteiger partial charge is 0.227 e. The lowest BCUT2D eigenvalue weighted by Crippen LogP contribution is -2.45. The molecule has 1 aliphatic heterocycles. The van der Waals surface area contributed by atoms with Crippen molar-refractivity contribution in [1.82, 2.24) is 9.80 Å². The van der Waals surface area contributed by atoms with E-state index in [-0.39, 0.29) is 5.41 Å². The fourth-order valence-corrected chi connectivity index (χ4v) is 2.80. The molecule has 0 spiro atoms. The molecule has 20 heavy (non-hydrogen) atoms. The first-order valence-electron chi connectivity index (χ1n) is 8.18. The summed E-state index contributed by atoms with van der Waals surface area (Å²) in [6, 6.07) is 0. The van der Waals surface area contributed by atoms with Gasteiger partial charge in [0.05, 0.1) is 0 Å². The standard InChI is InChI=1S/C17H34N2O/c1-14(2)7-10-18(6)13-15-8-11-19(12-9-15)16(20)17(3,4)5/h14-15H,7-13H2,1-6H3. The maximum absolute atomic E-state index is 12.2. The van der Waals surface area contributed by atoms with Crippen LogP contribution in [0.5, 0.6) is 0 Å². The highest BCUT2D eigenvalue weighted by Gasteiger charge is 2.30. The van der Waals surface area contributed by atoms with Crippen LogP contribution in [0, 0.1) is 17.3 Å². The summed E-state index contributed by atoms with van der Waals surface area (Å²) < 4.78 is 0. The van der Waals surface area contributed by atoms with Crippen LogP contribution >= 0.6 is 0 Å². The SMILES string of the molecule is CC(C)CCN(C)CC1CCN(C(=O)C(C)(C)C)CC1. The van der Waals surface area contributed by atoms with Crippen molar-refractivity contribution in [2.24, 2.45) is 17.3 Å². The van der Waals surface area contributed by atoms with E-state index in [9.17, 15) is 4.79 Å². The molecule has 118 valence electrons. The van der Waals surface area contributed by atoms with Crippen LogP contribution in [0.25, 0.3) is 0 Å². The monoisotopic (exact) mass is 282 g/mol. The van der Waals surface area contributed by atoms with Crippen LogP contribution in [0.4, 0.5) is 0 Å². The minimum absolute atomic E-state index is 0.235. The Bertz CT molecular complexity index is 299. The quantitative estimate of drug-likeness (QED) is 0.773. The molecule has 0 saturated carbocycles. The maximum atomic E-state index is 12.2. The minimum Gasteiger partial charge on any atom is -0.342 e. The molecular formula is C17H34N2O. The van der Waals surface area contributed by atoms with Crippen LogP contribution in [0.2, 0.25) is 0 Å². The van der Waals surface area contributed by atoms with Crippen molar-refractivity contribution in [3.05, 3.63) is 0 Å². The lowest BCUT2D eigenvalue weighted by molar-refractivity contribution is -0.140. The number of carbonyl (C=O) groups excluding carboxylic acids is 1. The first-order chi connectivity index (χ1) is 9.20. The summed E-state index contributed by atoms with van der Waals surface area (Å²) in [5.74, 6) is 1.85. The molecule has 0 radical (unpaired) electrons. The third-order valence-corrected chi connectivity index (χ3v) is 4.20. The van der Waals surface area contributed by atoms with Crippen molar-refractivity contribution in [3.8, 4) is 0 Å². The lowest BCUT2D eigenvalue weighted by atomic mass is 9.91. The van der Waals surface area contributed by atoms with Gasteiger partial charge in [0.15, 0.2) is 0 Å². The third-order valence-electron chi connectivity index (χ3n) is 4.20. The van der Waals surface area contributed by atoms with E-state index in [1.54, 1.807) is 0 Å². The topological polar surface area (TPSA) is 23.6 Å². The van der Waals surface area contributed by atoms with Crippen LogP contribution < -0.4 is 0 Å². The number of carbonyl (C=O) groups is 1. The third kappa shape index (κ3) is 5.82. The van der Waals surface area contributed by atoms with Gasteiger partial charge in [0, 0.05) is 25.0 Å². The van der Waals surface area contributed by atoms with E-state index in [1.165, 1.54) is 19.5 Å². The predicted molar refractivity (Wildman–Crippen MR) is 85.7 cm³/mol. The number of amides is 1. The summed E-state index contributed by atoms with van der Waals surface area (Å²) in [5.41, 5.74) is -0.235. The molecule has 3 nitrogen and oxygen atoms in total. The van der Waals surface area contributed by atoms with Crippen molar-refractivity contribution in [2.45, 2.75) is 53.9 Å². The van der Waals surface area contributed by atoms with Gasteiger partial charge < -0.3 is 9.80 Å². The minimum atomic E-state index is -0.235. The van der Waals surface area contributed by atoms with Crippen molar-refractivity contribution in [1.29, 1.82) is 0 Å². The fourth-order valence-electron chi connectivity index (χ4n) is 2.80. The molecule has 0 aromatic carbocycles. The first kappa shape index (κ1) is 17.5. The maximum Gasteiger partial charge on any atom is 0.227 e. The summed E-state index contributed by atoms with van der Waals surface area (Å²) in [5, 5.41) is 0. The highest BCUT2D eigenvalue weighted by molar-refractivity contribution is 5.81. The van der Waals surface area contributed by atoms with Crippen LogP contribution in [0.1, 0.15) is 53.9 Å². The number of hydrogen-bond donors (Lipinski definition) is 0. The van der Waals surface area contributed by atoms with Gasteiger partial charge in [0.1, 0.15) is 0 Å². The van der Waals surface area contributed by atoms with E-state index in [4.69, 9.17) is 0 Å². The van der Waals surface area contributed by atoms with E-state index in [1.807, 2.05) is 20.8 Å². The van der Waals surface area contributed by atoms with Gasteiger partial charge in [-0.15, -0.1) is 0 Å². The van der Waals surface area contributed by atoms with Crippen LogP contribution in [-0.2, 0) is 4.79 Å². The van der Waals surface area contributed by atoms with Crippen molar-refractivity contribution in [3.63, 3.8) is 0 Å². The highest BCUT2D eigenvalue weighted by Crippen LogP contribution is 2.24. The molecule has 0 aliphatic carbocycles. The summed E-state index contributed by atoms with van der Waals surface area (Å²) in [4.78, 5) is 16.8. The van der Waals surface area contributed by atoms with E-state index in [2.05, 4.69) is 30.7 Å². The molecule has 1 fully saturated rings. The molecule has 1 aliphatic rings. The summed E-state index contributed by atoms with van der Waals surface area (Å²) in [7, 11) is 2.23. The Labute approximate surface area is 125 Å². The number of likely N-dealkylation sites (tertiary alicyclic amines) is 1. The molecule has 0 N–H and O–H groups in total. The molecule has 0 unspecified atom stereocenters. The van der Waals surface area contributed by atoms with Crippen molar-refractivity contribution < 1.29 is 4.79 Å². The Balaban J connectivity index is 2.30. The molecule has 0 aromatic heterocycles. The zero-order chi connectivity index (χ0) is 15.3. The second-order valence-electron chi connectivity index (χ2n) is 7.93. The first-order valence-corrected chi connectivity index (χ1v) is 8.18. The Morgan fingerprint density at radius 1 is 1.25 bits per heavy atom. The van der Waals surface area contributed by atoms with Gasteiger partial charge in [-0.05, 0) is 44.7 Å². The largest absolute Gasteiger partial charge is 0.342 e. The number of hydrogen-bond acceptors (Lipinski definition) is 2. The zero-order valence-electron chi connectivity index (χ0n) is 14.4. The van der Waals surface area contributed by atoms with Gasteiger partial charge in [-0.2, -0.15) is 0 Å². The normalized spacial score (nSPS) is 18.1. The molecule has 0 aromatic rings. The highest BCUT2D eigenvalue weighted by atomic mass is 16.2. The fraction of sp³-hybridized carbons (Fsp3) is 0.941. The van der Waals surface area contributed by atoms with Gasteiger partial charge in [-0.3, -0.25) is 4.79 Å². The number of nitrogens with zero attached hydrogens (tertiary/aromatic N) is 2. The Kier molecular flexibility index (Phi) is 6.50. The molecule has 0 atom stereocenters. The molecule has 1 rings (SSSR count). The molecule has 1 heterocycles. The van der Waals surface area contributed by atoms with Gasteiger partial charge in [0.25, 0.3) is 0 Å². The Morgan fingerprint density at radius 3 is 2.25 bits per heavy atom. The van der Waals surface area contributed by atoms with Gasteiger partial charge >= 0.3 is 0 Å². The second kappa shape index (κ2) is 7.44. The van der Waals surface area contributed by atoms with Crippen molar-refractivity contribution in [2.75, 3.05) is 33.2 Å². The lowest BCUT2D eigenvalue weighted by Gasteiger charge is -2.37. The van der Waals surface area contributed by atoms with Crippen LogP contribution in [-0.4, -0.2) is 48.9 Å². The summed E-state index contributed by atoms with van der Waals surface area (Å²) in [6.45, 7) is 14.9. The number of rotatable bonds is 5. The van der Waals surface area contributed by atoms with Crippen LogP contribution in [0.3, 0.4) is 0 Å². The van der Waals surface area contributed by atoms with E-state index in [0.29, 0.717) is 5.91 Å². The molecule has 3 heteroatoms. The predicted octanol–water partition coefficient (Wildman–Crippen LogP) is 3.25. The molecular weight excluding hydrogens is 248 g/mol. The average Bonchev–Trinajstić information content (AvgIpc) is 2.35. The van der Waals surface area contributed by atoms with Gasteiger partial charge in [0.2, 0.25) is 5.91 Å². The molecule has 1 saturated heterocycles. The van der Waals surface area contributed by atoms with Gasteiger partial charge in [-0.1, -0.05) is 34.6 Å². The summed E-state index contributed by atoms with van der Waals surface area (Å²) >= 11 is 0. The van der Waals surface area contributed by atoms with E-state index in [0.717, 1.165) is 37.8 Å². The Morgan fingerprint density at radius 2 is 1.80 bits per heavy atom. The Hall–Kier alpha value is -0.570. The molecule has 0 bridgehead atoms. The average molecular weight is 282 g/mol. The molecule has 1 amide bonds.